The van der Waals surface area contributed by atoms with Crippen molar-refractivity contribution in [2.45, 2.75) is 13.3 Å². The Morgan fingerprint density at radius 1 is 1.30 bits per heavy atom. The van der Waals surface area contributed by atoms with Crippen LogP contribution in [-0.4, -0.2) is 11.1 Å². The summed E-state index contributed by atoms with van der Waals surface area (Å²) in [6.07, 6.45) is 0.783. The van der Waals surface area contributed by atoms with E-state index in [0.717, 1.165) is 23.7 Å². The minimum Gasteiger partial charge on any atom is -0.478 e. The van der Waals surface area contributed by atoms with E-state index in [2.05, 4.69) is 5.32 Å². The number of benzene rings is 2. The Kier molecular flexibility index (Phi) is 3.89. The number of nitrogens with one attached hydrogen (secondary N) is 1. The molecule has 0 heterocycles. The van der Waals surface area contributed by atoms with Gasteiger partial charge in [-0.2, -0.15) is 0 Å². The summed E-state index contributed by atoms with van der Waals surface area (Å²) < 4.78 is 13.9. The van der Waals surface area contributed by atoms with Crippen molar-refractivity contribution >= 4 is 23.0 Å². The van der Waals surface area contributed by atoms with Crippen molar-refractivity contribution in [2.24, 2.45) is 0 Å². The molecule has 0 fully saturated rings. The first-order valence-corrected chi connectivity index (χ1v) is 6.20. The highest BCUT2D eigenvalue weighted by atomic mass is 19.1. The summed E-state index contributed by atoms with van der Waals surface area (Å²) in [5, 5.41) is 11.9. The molecule has 4 N–H and O–H groups in total. The van der Waals surface area contributed by atoms with E-state index in [1.165, 1.54) is 6.07 Å². The summed E-state index contributed by atoms with van der Waals surface area (Å²) in [7, 11) is 0. The molecule has 0 saturated carbocycles. The molecule has 2 aromatic rings. The summed E-state index contributed by atoms with van der Waals surface area (Å²) in [6, 6.07) is 9.69. The third kappa shape index (κ3) is 2.71. The first-order chi connectivity index (χ1) is 9.52. The van der Waals surface area contributed by atoms with Crippen LogP contribution in [0.5, 0.6) is 0 Å². The second-order valence-electron chi connectivity index (χ2n) is 4.36. The van der Waals surface area contributed by atoms with E-state index in [1.54, 1.807) is 0 Å². The van der Waals surface area contributed by atoms with Gasteiger partial charge in [0.2, 0.25) is 0 Å². The average Bonchev–Trinajstić information content (AvgIpc) is 2.42. The van der Waals surface area contributed by atoms with Crippen LogP contribution in [0.4, 0.5) is 21.5 Å². The summed E-state index contributed by atoms with van der Waals surface area (Å²) in [5.41, 5.74) is 7.13. The first kappa shape index (κ1) is 13.9. The van der Waals surface area contributed by atoms with Crippen molar-refractivity contribution in [2.75, 3.05) is 11.1 Å². The van der Waals surface area contributed by atoms with Crippen LogP contribution in [0.1, 0.15) is 22.8 Å². The Bertz CT molecular complexity index is 656. The summed E-state index contributed by atoms with van der Waals surface area (Å²) >= 11 is 0. The van der Waals surface area contributed by atoms with E-state index in [-0.39, 0.29) is 16.9 Å². The predicted octanol–water partition coefficient (Wildman–Crippen LogP) is 3.41. The molecule has 0 atom stereocenters. The number of carboxylic acids is 1. The van der Waals surface area contributed by atoms with E-state index < -0.39 is 11.8 Å². The van der Waals surface area contributed by atoms with Gasteiger partial charge in [0.25, 0.3) is 0 Å². The minimum absolute atomic E-state index is 0.0932. The van der Waals surface area contributed by atoms with E-state index >= 15 is 0 Å². The third-order valence-electron chi connectivity index (χ3n) is 3.04. The molecule has 104 valence electrons. The molecule has 0 bridgehead atoms. The van der Waals surface area contributed by atoms with Gasteiger partial charge in [0.15, 0.2) is 0 Å². The lowest BCUT2D eigenvalue weighted by Gasteiger charge is -2.13. The maximum absolute atomic E-state index is 13.9. The number of hydrogen-bond acceptors (Lipinski definition) is 3. The molecule has 0 radical (unpaired) electrons. The zero-order chi connectivity index (χ0) is 14.7. The molecule has 0 aliphatic heterocycles. The molecule has 5 heteroatoms. The quantitative estimate of drug-likeness (QED) is 0.747. The second kappa shape index (κ2) is 5.61. The van der Waals surface area contributed by atoms with E-state index in [4.69, 9.17) is 10.8 Å². The number of rotatable bonds is 4. The van der Waals surface area contributed by atoms with E-state index in [9.17, 15) is 9.18 Å². The lowest BCUT2D eigenvalue weighted by Crippen LogP contribution is -2.06. The summed E-state index contributed by atoms with van der Waals surface area (Å²) in [4.78, 5) is 11.0. The number of halogens is 1. The number of nitrogens with two attached hydrogens (primary N) is 1. The van der Waals surface area contributed by atoms with Crippen LogP contribution in [0.15, 0.2) is 36.4 Å². The van der Waals surface area contributed by atoms with Gasteiger partial charge in [0.1, 0.15) is 5.82 Å². The fourth-order valence-electron chi connectivity index (χ4n) is 1.97. The lowest BCUT2D eigenvalue weighted by molar-refractivity contribution is 0.0698. The zero-order valence-electron chi connectivity index (χ0n) is 11.0. The van der Waals surface area contributed by atoms with E-state index in [0.29, 0.717) is 0 Å². The van der Waals surface area contributed by atoms with Crippen LogP contribution in [0.25, 0.3) is 0 Å². The number of aromatic carboxylic acids is 1. The third-order valence-corrected chi connectivity index (χ3v) is 3.04. The zero-order valence-corrected chi connectivity index (χ0v) is 11.0. The molecule has 0 aromatic heterocycles. The second-order valence-corrected chi connectivity index (χ2v) is 4.36. The van der Waals surface area contributed by atoms with Crippen LogP contribution in [0.2, 0.25) is 0 Å². The molecule has 0 aliphatic rings. The van der Waals surface area contributed by atoms with Crippen LogP contribution >= 0.6 is 0 Å². The molecule has 0 amide bonds. The van der Waals surface area contributed by atoms with Gasteiger partial charge in [0.05, 0.1) is 11.3 Å². The number of carboxylic acid groups (broad SMARTS) is 1. The van der Waals surface area contributed by atoms with Gasteiger partial charge in [-0.15, -0.1) is 0 Å². The van der Waals surface area contributed by atoms with E-state index in [1.807, 2.05) is 31.2 Å². The van der Waals surface area contributed by atoms with Crippen molar-refractivity contribution in [3.05, 3.63) is 53.3 Å². The predicted molar refractivity (Wildman–Crippen MR) is 76.9 cm³/mol. The molecule has 0 saturated heterocycles. The van der Waals surface area contributed by atoms with Crippen LogP contribution in [-0.2, 0) is 6.42 Å². The summed E-state index contributed by atoms with van der Waals surface area (Å²) in [5.74, 6) is -1.77. The van der Waals surface area contributed by atoms with Gasteiger partial charge in [-0.25, -0.2) is 9.18 Å². The number of nitrogen functional groups attached to an aromatic ring is 1. The fraction of sp³-hybridized carbons (Fsp3) is 0.133. The SMILES string of the molecule is CCc1ccccc1Nc1cc(C(=O)O)c(N)cc1F. The smallest absolute Gasteiger partial charge is 0.337 e. The Hall–Kier alpha value is -2.56. The molecular formula is C15H15FN2O2. The van der Waals surface area contributed by atoms with Gasteiger partial charge in [0, 0.05) is 11.4 Å². The highest BCUT2D eigenvalue weighted by Gasteiger charge is 2.14. The number of para-hydroxylation sites is 1. The molecule has 2 rings (SSSR count). The molecule has 20 heavy (non-hydrogen) atoms. The Balaban J connectivity index is 2.43. The Labute approximate surface area is 116 Å². The number of anilines is 3. The molecule has 4 nitrogen and oxygen atoms in total. The highest BCUT2D eigenvalue weighted by molar-refractivity contribution is 5.95. The van der Waals surface area contributed by atoms with Gasteiger partial charge >= 0.3 is 5.97 Å². The largest absolute Gasteiger partial charge is 0.478 e. The van der Waals surface area contributed by atoms with Crippen LogP contribution in [0.3, 0.4) is 0 Å². The van der Waals surface area contributed by atoms with Crippen LogP contribution in [0, 0.1) is 5.82 Å². The highest BCUT2D eigenvalue weighted by Crippen LogP contribution is 2.27. The molecule has 2 aromatic carbocycles. The Morgan fingerprint density at radius 3 is 2.65 bits per heavy atom. The van der Waals surface area contributed by atoms with Gasteiger partial charge < -0.3 is 16.2 Å². The van der Waals surface area contributed by atoms with Gasteiger partial charge in [-0.3, -0.25) is 0 Å². The molecule has 0 unspecified atom stereocenters. The topological polar surface area (TPSA) is 75.3 Å². The maximum atomic E-state index is 13.9. The normalized spacial score (nSPS) is 10.3. The molecule has 0 spiro atoms. The monoisotopic (exact) mass is 274 g/mol. The Morgan fingerprint density at radius 2 is 2.00 bits per heavy atom. The fourth-order valence-corrected chi connectivity index (χ4v) is 1.97. The number of hydrogen-bond donors (Lipinski definition) is 3. The molecule has 0 aliphatic carbocycles. The van der Waals surface area contributed by atoms with Crippen molar-refractivity contribution in [3.63, 3.8) is 0 Å². The van der Waals surface area contributed by atoms with Gasteiger partial charge in [-0.1, -0.05) is 25.1 Å². The standard InChI is InChI=1S/C15H15FN2O2/c1-2-9-5-3-4-6-13(9)18-14-7-10(15(19)20)12(17)8-11(14)16/h3-8,18H,2,17H2,1H3,(H,19,20). The van der Waals surface area contributed by atoms with Crippen molar-refractivity contribution in [3.8, 4) is 0 Å². The van der Waals surface area contributed by atoms with Crippen LogP contribution < -0.4 is 11.1 Å². The van der Waals surface area contributed by atoms with Crippen molar-refractivity contribution in [1.29, 1.82) is 0 Å². The minimum atomic E-state index is -1.19. The van der Waals surface area contributed by atoms with Gasteiger partial charge in [-0.05, 0) is 30.2 Å². The lowest BCUT2D eigenvalue weighted by atomic mass is 10.1. The van der Waals surface area contributed by atoms with Crippen molar-refractivity contribution < 1.29 is 14.3 Å². The first-order valence-electron chi connectivity index (χ1n) is 6.20. The molecular weight excluding hydrogens is 259 g/mol. The number of carbonyl (C=O) groups is 1. The summed E-state index contributed by atoms with van der Waals surface area (Å²) in [6.45, 7) is 1.99. The average molecular weight is 274 g/mol. The number of aryl methyl sites for hydroxylation is 1. The maximum Gasteiger partial charge on any atom is 0.337 e. The van der Waals surface area contributed by atoms with Crippen molar-refractivity contribution in [1.82, 2.24) is 0 Å².